The number of hydrogen-bond acceptors (Lipinski definition) is 4. The number of carbonyl (C=O) groups excluding carboxylic acids is 1. The van der Waals surface area contributed by atoms with Gasteiger partial charge in [0, 0.05) is 11.3 Å². The third-order valence-corrected chi connectivity index (χ3v) is 5.91. The van der Waals surface area contributed by atoms with Crippen molar-refractivity contribution >= 4 is 22.7 Å². The Morgan fingerprint density at radius 2 is 1.73 bits per heavy atom. The highest BCUT2D eigenvalue weighted by atomic mass is 16.5. The fraction of sp³-hybridized carbons (Fsp3) is 0.286. The van der Waals surface area contributed by atoms with E-state index >= 15 is 0 Å². The van der Waals surface area contributed by atoms with Gasteiger partial charge >= 0.3 is 0 Å². The molecule has 1 amide bonds. The van der Waals surface area contributed by atoms with E-state index in [2.05, 4.69) is 50.1 Å². The van der Waals surface area contributed by atoms with E-state index in [0.29, 0.717) is 17.5 Å². The van der Waals surface area contributed by atoms with Gasteiger partial charge in [-0.1, -0.05) is 32.0 Å². The molecule has 1 heterocycles. The summed E-state index contributed by atoms with van der Waals surface area (Å²) in [5, 5.41) is 2.97. The third-order valence-electron chi connectivity index (χ3n) is 5.91. The van der Waals surface area contributed by atoms with Gasteiger partial charge in [0.2, 0.25) is 5.89 Å². The summed E-state index contributed by atoms with van der Waals surface area (Å²) in [4.78, 5) is 17.3. The van der Waals surface area contributed by atoms with Crippen LogP contribution in [0.15, 0.2) is 52.9 Å². The summed E-state index contributed by atoms with van der Waals surface area (Å²) in [6.45, 7) is 12.2. The topological polar surface area (TPSA) is 64.4 Å². The number of carbonyl (C=O) groups is 1. The number of fused-ring (bicyclic) bond motifs is 1. The number of aromatic nitrogens is 1. The molecule has 0 fully saturated rings. The Bertz CT molecular complexity index is 1300. The molecule has 0 spiro atoms. The van der Waals surface area contributed by atoms with Crippen LogP contribution < -0.4 is 10.1 Å². The summed E-state index contributed by atoms with van der Waals surface area (Å²) in [5.41, 5.74) is 8.58. The largest absolute Gasteiger partial charge is 0.483 e. The molecule has 1 aromatic heterocycles. The highest BCUT2D eigenvalue weighted by Gasteiger charge is 2.14. The normalized spacial score (nSPS) is 11.2. The van der Waals surface area contributed by atoms with Gasteiger partial charge in [-0.3, -0.25) is 4.79 Å². The lowest BCUT2D eigenvalue weighted by Gasteiger charge is -2.15. The van der Waals surface area contributed by atoms with Gasteiger partial charge in [-0.15, -0.1) is 0 Å². The molecule has 0 atom stereocenters. The lowest BCUT2D eigenvalue weighted by molar-refractivity contribution is -0.118. The van der Waals surface area contributed by atoms with Crippen molar-refractivity contribution in [3.8, 4) is 17.2 Å². The van der Waals surface area contributed by atoms with Crippen molar-refractivity contribution in [3.63, 3.8) is 0 Å². The van der Waals surface area contributed by atoms with Crippen LogP contribution in [-0.4, -0.2) is 17.5 Å². The molecule has 33 heavy (non-hydrogen) atoms. The van der Waals surface area contributed by atoms with E-state index in [1.807, 2.05) is 50.2 Å². The predicted octanol–water partition coefficient (Wildman–Crippen LogP) is 6.87. The molecule has 0 aliphatic heterocycles. The zero-order valence-corrected chi connectivity index (χ0v) is 20.1. The summed E-state index contributed by atoms with van der Waals surface area (Å²) in [6, 6.07) is 15.9. The molecule has 170 valence electrons. The van der Waals surface area contributed by atoms with Crippen LogP contribution in [0.2, 0.25) is 0 Å². The van der Waals surface area contributed by atoms with Gasteiger partial charge in [0.05, 0.1) is 0 Å². The minimum Gasteiger partial charge on any atom is -0.483 e. The molecule has 0 aliphatic carbocycles. The first-order valence-electron chi connectivity index (χ1n) is 11.2. The maximum absolute atomic E-state index is 12.7. The van der Waals surface area contributed by atoms with Gasteiger partial charge in [0.1, 0.15) is 11.3 Å². The van der Waals surface area contributed by atoms with E-state index < -0.39 is 0 Å². The van der Waals surface area contributed by atoms with Crippen molar-refractivity contribution in [2.24, 2.45) is 0 Å². The Morgan fingerprint density at radius 1 is 0.970 bits per heavy atom. The van der Waals surface area contributed by atoms with Gasteiger partial charge in [-0.2, -0.15) is 0 Å². The minimum absolute atomic E-state index is 0.0612. The number of rotatable bonds is 6. The molecule has 0 bridgehead atoms. The molecule has 3 aromatic carbocycles. The number of oxazole rings is 1. The highest BCUT2D eigenvalue weighted by Crippen LogP contribution is 2.30. The van der Waals surface area contributed by atoms with Gasteiger partial charge in [-0.25, -0.2) is 4.98 Å². The van der Waals surface area contributed by atoms with Gasteiger partial charge in [0.25, 0.3) is 5.91 Å². The molecule has 5 nitrogen and oxygen atoms in total. The third kappa shape index (κ3) is 4.92. The van der Waals surface area contributed by atoms with Crippen LogP contribution in [0.25, 0.3) is 22.6 Å². The van der Waals surface area contributed by atoms with Crippen LogP contribution in [0.3, 0.4) is 0 Å². The Labute approximate surface area is 194 Å². The maximum Gasteiger partial charge on any atom is 0.262 e. The fourth-order valence-electron chi connectivity index (χ4n) is 3.77. The van der Waals surface area contributed by atoms with Crippen LogP contribution in [0.4, 0.5) is 5.69 Å². The summed E-state index contributed by atoms with van der Waals surface area (Å²) >= 11 is 0. The molecule has 0 aliphatic rings. The number of benzene rings is 3. The van der Waals surface area contributed by atoms with Gasteiger partial charge in [-0.05, 0) is 91.8 Å². The number of nitrogens with one attached hydrogen (secondary N) is 1. The predicted molar refractivity (Wildman–Crippen MR) is 133 cm³/mol. The second-order valence-electron chi connectivity index (χ2n) is 8.99. The molecular weight excluding hydrogens is 412 g/mol. The first-order chi connectivity index (χ1) is 15.7. The van der Waals surface area contributed by atoms with Crippen molar-refractivity contribution in [3.05, 3.63) is 76.3 Å². The lowest BCUT2D eigenvalue weighted by Crippen LogP contribution is -2.21. The minimum atomic E-state index is -0.213. The van der Waals surface area contributed by atoms with E-state index in [-0.39, 0.29) is 12.5 Å². The van der Waals surface area contributed by atoms with E-state index in [0.717, 1.165) is 44.7 Å². The van der Waals surface area contributed by atoms with Crippen LogP contribution in [-0.2, 0) is 4.79 Å². The second kappa shape index (κ2) is 9.10. The fourth-order valence-corrected chi connectivity index (χ4v) is 3.77. The molecular formula is C28H30N2O3. The molecule has 0 saturated carbocycles. The van der Waals surface area contributed by atoms with Crippen LogP contribution in [0, 0.1) is 27.7 Å². The molecule has 5 heteroatoms. The van der Waals surface area contributed by atoms with Crippen molar-refractivity contribution in [1.82, 2.24) is 4.98 Å². The molecule has 0 unspecified atom stereocenters. The highest BCUT2D eigenvalue weighted by molar-refractivity contribution is 5.93. The smallest absolute Gasteiger partial charge is 0.262 e. The lowest BCUT2D eigenvalue weighted by atomic mass is 10.0. The zero-order valence-electron chi connectivity index (χ0n) is 20.1. The number of aryl methyl sites for hydroxylation is 4. The molecule has 1 N–H and O–H groups in total. The average Bonchev–Trinajstić information content (AvgIpc) is 3.16. The number of hydrogen-bond donors (Lipinski definition) is 1. The van der Waals surface area contributed by atoms with Crippen molar-refractivity contribution < 1.29 is 13.9 Å². The first kappa shape index (κ1) is 22.6. The van der Waals surface area contributed by atoms with Crippen molar-refractivity contribution in [2.75, 3.05) is 11.9 Å². The Kier molecular flexibility index (Phi) is 6.23. The van der Waals surface area contributed by atoms with E-state index in [1.54, 1.807) is 0 Å². The Balaban J connectivity index is 1.52. The summed E-state index contributed by atoms with van der Waals surface area (Å²) in [6.07, 6.45) is 0. The van der Waals surface area contributed by atoms with Crippen LogP contribution in [0.1, 0.15) is 47.6 Å². The number of ether oxygens (including phenoxy) is 1. The monoisotopic (exact) mass is 442 g/mol. The second-order valence-corrected chi connectivity index (χ2v) is 8.99. The van der Waals surface area contributed by atoms with E-state index in [1.165, 1.54) is 5.56 Å². The number of amides is 1. The van der Waals surface area contributed by atoms with E-state index in [4.69, 9.17) is 9.15 Å². The van der Waals surface area contributed by atoms with Crippen LogP contribution >= 0.6 is 0 Å². The standard InChI is InChI=1S/C28H30N2O3/c1-16(2)22-10-7-17(3)11-25(22)32-15-27(31)29-23-14-21(9-8-18(23)4)28-30-24-12-19(5)20(6)13-26(24)33-28/h7-14,16H,15H2,1-6H3,(H,29,31). The molecule has 4 aromatic rings. The molecule has 0 radical (unpaired) electrons. The van der Waals surface area contributed by atoms with Gasteiger partial charge < -0.3 is 14.5 Å². The quantitative estimate of drug-likeness (QED) is 0.354. The Hall–Kier alpha value is -3.60. The van der Waals surface area contributed by atoms with Crippen molar-refractivity contribution in [2.45, 2.75) is 47.5 Å². The SMILES string of the molecule is Cc1ccc(C(C)C)c(OCC(=O)Nc2cc(-c3nc4cc(C)c(C)cc4o3)ccc2C)c1. The first-order valence-corrected chi connectivity index (χ1v) is 11.2. The molecule has 0 saturated heterocycles. The Morgan fingerprint density at radius 3 is 2.48 bits per heavy atom. The average molecular weight is 443 g/mol. The zero-order chi connectivity index (χ0) is 23.7. The van der Waals surface area contributed by atoms with Crippen LogP contribution in [0.5, 0.6) is 5.75 Å². The number of nitrogens with zero attached hydrogens (tertiary/aromatic N) is 1. The summed E-state index contributed by atoms with van der Waals surface area (Å²) in [7, 11) is 0. The molecule has 4 rings (SSSR count). The number of anilines is 1. The van der Waals surface area contributed by atoms with Crippen molar-refractivity contribution in [1.29, 1.82) is 0 Å². The summed E-state index contributed by atoms with van der Waals surface area (Å²) < 4.78 is 11.9. The summed E-state index contributed by atoms with van der Waals surface area (Å²) in [5.74, 6) is 1.38. The van der Waals surface area contributed by atoms with Gasteiger partial charge in [0.15, 0.2) is 12.2 Å². The van der Waals surface area contributed by atoms with E-state index in [9.17, 15) is 4.79 Å². The maximum atomic E-state index is 12.7.